The molecule has 10 rings (SSSR count). The van der Waals surface area contributed by atoms with Crippen LogP contribution >= 0.6 is 23.2 Å². The summed E-state index contributed by atoms with van der Waals surface area (Å²) < 4.78 is 31.1. The smallest absolute Gasteiger partial charge is 0.340 e. The Morgan fingerprint density at radius 1 is 0.769 bits per heavy atom. The zero-order valence-electron chi connectivity index (χ0n) is 44.3. The monoisotopic (exact) mass is 1100 g/mol. The number of carbonyl (C=O) groups excluding carboxylic acids is 4. The van der Waals surface area contributed by atoms with Crippen molar-refractivity contribution in [1.82, 2.24) is 20.5 Å². The first-order valence-corrected chi connectivity index (χ1v) is 27.7. The molecule has 410 valence electrons. The highest BCUT2D eigenvalue weighted by atomic mass is 35.5. The summed E-state index contributed by atoms with van der Waals surface area (Å²) in [5, 5.41) is 32.1. The Bertz CT molecular complexity index is 3230. The maximum Gasteiger partial charge on any atom is 0.340 e. The highest BCUT2D eigenvalue weighted by Crippen LogP contribution is 2.63. The molecule has 1 atom stereocenters. The summed E-state index contributed by atoms with van der Waals surface area (Å²) in [6.45, 7) is 6.65. The molecule has 1 spiro atoms. The number of phenolic OH excluding ortho intramolecular Hbond substituents is 2. The number of phenols is 2. The molecule has 1 saturated carbocycles. The predicted octanol–water partition coefficient (Wildman–Crippen LogP) is 10.9. The number of fused-ring (bicyclic) bond motifs is 7. The number of hydrogen-bond acceptors (Lipinski definition) is 12. The lowest BCUT2D eigenvalue weighted by molar-refractivity contribution is -0.119. The van der Waals surface area contributed by atoms with Crippen molar-refractivity contribution in [2.24, 2.45) is 5.92 Å². The number of halogens is 2. The van der Waals surface area contributed by atoms with Crippen molar-refractivity contribution < 1.29 is 53.1 Å². The second kappa shape index (κ2) is 22.8. The van der Waals surface area contributed by atoms with Gasteiger partial charge in [-0.25, -0.2) is 4.79 Å². The number of benzene rings is 5. The lowest BCUT2D eigenvalue weighted by atomic mass is 9.77. The SMILES string of the molecule is CCc1cccc(N(CC)C(=O)Cn2c(C(=O)NC3CCC(C4(NCCCCCCCCNC(=O)c5ccc6c(c5)C(=O)OC65c6cc(OC)c(O)c(Cl)c6Oc6c5cc(OC)c(O)c6Cl)CO4)CC3)cc3ccccc32)c1. The lowest BCUT2D eigenvalue weighted by Gasteiger charge is -2.37. The number of ether oxygens (including phenoxy) is 5. The van der Waals surface area contributed by atoms with Crippen LogP contribution in [0.4, 0.5) is 5.69 Å². The normalized spacial score (nSPS) is 18.6. The molecule has 5 aromatic carbocycles. The minimum absolute atomic E-state index is 0.00762. The average molecular weight is 1100 g/mol. The summed E-state index contributed by atoms with van der Waals surface area (Å²) >= 11 is 13.2. The number of methoxy groups -OCH3 is 2. The molecule has 0 bridgehead atoms. The van der Waals surface area contributed by atoms with Crippen molar-refractivity contribution >= 4 is 63.5 Å². The second-order valence-electron chi connectivity index (χ2n) is 20.5. The number of aryl methyl sites for hydroxylation is 1. The zero-order chi connectivity index (χ0) is 54.9. The van der Waals surface area contributed by atoms with E-state index in [0.717, 1.165) is 99.3 Å². The fourth-order valence-corrected chi connectivity index (χ4v) is 12.1. The van der Waals surface area contributed by atoms with Crippen LogP contribution in [0.15, 0.2) is 84.9 Å². The van der Waals surface area contributed by atoms with Crippen LogP contribution in [0.2, 0.25) is 10.0 Å². The fourth-order valence-electron chi connectivity index (χ4n) is 11.6. The van der Waals surface area contributed by atoms with Crippen LogP contribution in [0.5, 0.6) is 34.5 Å². The van der Waals surface area contributed by atoms with Crippen LogP contribution in [0.25, 0.3) is 10.9 Å². The van der Waals surface area contributed by atoms with Crippen LogP contribution in [0, 0.1) is 5.92 Å². The quantitative estimate of drug-likeness (QED) is 0.0260. The Balaban J connectivity index is 0.663. The first kappa shape index (κ1) is 54.4. The summed E-state index contributed by atoms with van der Waals surface area (Å²) in [5.74, 6) is -1.92. The van der Waals surface area contributed by atoms with Crippen molar-refractivity contribution in [3.63, 3.8) is 0 Å². The first-order chi connectivity index (χ1) is 37.7. The Morgan fingerprint density at radius 3 is 2.06 bits per heavy atom. The van der Waals surface area contributed by atoms with Crippen molar-refractivity contribution in [2.45, 2.75) is 108 Å². The van der Waals surface area contributed by atoms with Crippen LogP contribution < -0.4 is 35.1 Å². The molecule has 16 nitrogen and oxygen atoms in total. The van der Waals surface area contributed by atoms with Crippen LogP contribution in [-0.4, -0.2) is 90.7 Å². The molecule has 1 aliphatic carbocycles. The van der Waals surface area contributed by atoms with Gasteiger partial charge in [0.1, 0.15) is 28.0 Å². The van der Waals surface area contributed by atoms with Gasteiger partial charge in [-0.2, -0.15) is 0 Å². The number of carbonyl (C=O) groups is 4. The average Bonchev–Trinajstić information content (AvgIpc) is 4.24. The largest absolute Gasteiger partial charge is 0.503 e. The summed E-state index contributed by atoms with van der Waals surface area (Å²) in [7, 11) is 2.70. The minimum atomic E-state index is -1.75. The number of nitrogens with one attached hydrogen (secondary N) is 3. The van der Waals surface area contributed by atoms with Crippen molar-refractivity contribution in [3.8, 4) is 34.5 Å². The summed E-state index contributed by atoms with van der Waals surface area (Å²) in [5.41, 5.74) is 2.49. The van der Waals surface area contributed by atoms with Gasteiger partial charge in [0.2, 0.25) is 5.91 Å². The number of aromatic hydroxyl groups is 2. The molecule has 1 saturated heterocycles. The standard InChI is InChI=1S/C60H65Cl2N5O11/c1-5-35-16-15-18-40(28-35)66(6-2)49(68)33-67-45-19-12-11-17-36(45)30-46(67)57(72)65-39-23-21-38(22-24-39)59(34-76-59)64-27-14-10-8-7-9-13-26-63-56(71)37-20-25-42-41(29-37)58(73)78-60(42)43-31-47(74-3)52(69)50(61)54(43)77-55-44(60)32-48(75-4)53(70)51(55)62/h11-12,15-20,25,28-32,38-39,64,69-70H,5-10,13-14,21-24,26-27,33-34H2,1-4H3,(H,63,71)(H,65,72). The second-order valence-corrected chi connectivity index (χ2v) is 21.3. The molecular formula is C60H65Cl2N5O11. The van der Waals surface area contributed by atoms with Gasteiger partial charge in [0.15, 0.2) is 40.1 Å². The third-order valence-electron chi connectivity index (χ3n) is 15.9. The number of unbranched alkanes of at least 4 members (excludes halogenated alkanes) is 5. The van der Waals surface area contributed by atoms with Gasteiger partial charge in [-0.3, -0.25) is 19.7 Å². The zero-order valence-corrected chi connectivity index (χ0v) is 45.8. The molecule has 1 aromatic heterocycles. The molecule has 3 amide bonds. The number of hydrogen-bond donors (Lipinski definition) is 5. The minimum Gasteiger partial charge on any atom is -0.503 e. The van der Waals surface area contributed by atoms with Gasteiger partial charge >= 0.3 is 5.97 Å². The highest BCUT2D eigenvalue weighted by molar-refractivity contribution is 6.35. The molecule has 4 heterocycles. The number of nitrogens with zero attached hydrogens (tertiary/aromatic N) is 2. The molecule has 2 fully saturated rings. The molecule has 5 N–H and O–H groups in total. The maximum absolute atomic E-state index is 14.0. The van der Waals surface area contributed by atoms with Crippen molar-refractivity contribution in [3.05, 3.63) is 134 Å². The fraction of sp³-hybridized carbons (Fsp3) is 0.400. The number of aromatic nitrogens is 1. The molecule has 18 heteroatoms. The number of amides is 3. The van der Waals surface area contributed by atoms with E-state index in [1.807, 2.05) is 54.0 Å². The number of anilines is 1. The molecule has 1 unspecified atom stereocenters. The molecular weight excluding hydrogens is 1040 g/mol. The van der Waals surface area contributed by atoms with E-state index in [1.54, 1.807) is 17.0 Å². The van der Waals surface area contributed by atoms with Crippen molar-refractivity contribution in [1.29, 1.82) is 0 Å². The van der Waals surface area contributed by atoms with E-state index in [-0.39, 0.29) is 91.3 Å². The molecule has 78 heavy (non-hydrogen) atoms. The number of likely N-dealkylation sites (N-methyl/N-ethyl adjacent to an activating group) is 1. The number of para-hydroxylation sites is 1. The van der Waals surface area contributed by atoms with Crippen LogP contribution in [0.1, 0.15) is 132 Å². The summed E-state index contributed by atoms with van der Waals surface area (Å²) in [4.78, 5) is 56.9. The van der Waals surface area contributed by atoms with E-state index in [0.29, 0.717) is 36.9 Å². The predicted molar refractivity (Wildman–Crippen MR) is 297 cm³/mol. The first-order valence-electron chi connectivity index (χ1n) is 27.0. The van der Waals surface area contributed by atoms with Gasteiger partial charge in [-0.15, -0.1) is 0 Å². The van der Waals surface area contributed by atoms with Gasteiger partial charge < -0.3 is 54.0 Å². The van der Waals surface area contributed by atoms with E-state index >= 15 is 0 Å². The number of rotatable bonds is 21. The van der Waals surface area contributed by atoms with Gasteiger partial charge in [0, 0.05) is 52.8 Å². The van der Waals surface area contributed by atoms with Crippen molar-refractivity contribution in [2.75, 3.05) is 45.4 Å². The van der Waals surface area contributed by atoms with Gasteiger partial charge in [-0.1, -0.05) is 92.2 Å². The Hall–Kier alpha value is -6.98. The van der Waals surface area contributed by atoms with E-state index in [2.05, 4.69) is 35.0 Å². The summed E-state index contributed by atoms with van der Waals surface area (Å²) in [6, 6.07) is 25.4. The van der Waals surface area contributed by atoms with E-state index < -0.39 is 23.1 Å². The Morgan fingerprint density at radius 2 is 1.42 bits per heavy atom. The maximum atomic E-state index is 14.0. The third-order valence-corrected chi connectivity index (χ3v) is 16.6. The molecule has 6 aromatic rings. The topological polar surface area (TPSA) is 202 Å². The van der Waals surface area contributed by atoms with Crippen LogP contribution in [0.3, 0.4) is 0 Å². The molecule has 0 radical (unpaired) electrons. The van der Waals surface area contributed by atoms with E-state index in [4.69, 9.17) is 46.9 Å². The van der Waals surface area contributed by atoms with E-state index in [1.165, 1.54) is 32.4 Å². The molecule has 4 aliphatic rings. The third kappa shape index (κ3) is 10.2. The van der Waals surface area contributed by atoms with Gasteiger partial charge in [0.05, 0.1) is 37.5 Å². The Kier molecular flexibility index (Phi) is 15.9. The highest BCUT2D eigenvalue weighted by Gasteiger charge is 2.56. The lowest BCUT2D eigenvalue weighted by Crippen LogP contribution is -2.45. The van der Waals surface area contributed by atoms with Crippen LogP contribution in [-0.2, 0) is 32.8 Å². The summed E-state index contributed by atoms with van der Waals surface area (Å²) in [6.07, 6.45) is 10.3. The number of epoxide rings is 1. The van der Waals surface area contributed by atoms with Gasteiger partial charge in [0.25, 0.3) is 11.8 Å². The number of esters is 1. The van der Waals surface area contributed by atoms with Gasteiger partial charge in [-0.05, 0) is 113 Å². The Labute approximate surface area is 463 Å². The molecule has 3 aliphatic heterocycles. The van der Waals surface area contributed by atoms with E-state index in [9.17, 15) is 29.4 Å².